The van der Waals surface area contributed by atoms with Crippen molar-refractivity contribution in [2.24, 2.45) is 4.99 Å². The van der Waals surface area contributed by atoms with Crippen LogP contribution in [0.3, 0.4) is 0 Å². The van der Waals surface area contributed by atoms with Crippen molar-refractivity contribution in [3.63, 3.8) is 0 Å². The molecule has 1 aliphatic rings. The van der Waals surface area contributed by atoms with Gasteiger partial charge in [-0.3, -0.25) is 9.89 Å². The molecule has 1 aromatic rings. The Bertz CT molecular complexity index is 660. The molecular weight excluding hydrogens is 395 g/mol. The molecular formula is C21H34F3N5O. The summed E-state index contributed by atoms with van der Waals surface area (Å²) in [5.41, 5.74) is -0.708. The maximum absolute atomic E-state index is 12.9. The number of benzene rings is 1. The first kappa shape index (κ1) is 24.3. The topological polar surface area (TPSA) is 52.1 Å². The van der Waals surface area contributed by atoms with Crippen LogP contribution in [0, 0.1) is 0 Å². The van der Waals surface area contributed by atoms with Crippen molar-refractivity contribution in [1.29, 1.82) is 0 Å². The molecule has 0 saturated carbocycles. The van der Waals surface area contributed by atoms with Gasteiger partial charge in [-0.15, -0.1) is 0 Å². The number of aliphatic imine (C=N–C) groups is 1. The number of hydrogen-bond acceptors (Lipinski definition) is 4. The predicted octanol–water partition coefficient (Wildman–Crippen LogP) is 2.67. The van der Waals surface area contributed by atoms with Crippen molar-refractivity contribution < 1.29 is 17.9 Å². The van der Waals surface area contributed by atoms with E-state index in [0.717, 1.165) is 57.9 Å². The smallest absolute Gasteiger partial charge is 0.416 e. The number of ether oxygens (including phenoxy) is 1. The first-order chi connectivity index (χ1) is 14.4. The number of piperazine rings is 1. The zero-order chi connectivity index (χ0) is 22.0. The van der Waals surface area contributed by atoms with Gasteiger partial charge in [0, 0.05) is 46.3 Å². The average Bonchev–Trinajstić information content (AvgIpc) is 2.75. The zero-order valence-electron chi connectivity index (χ0n) is 18.1. The minimum absolute atomic E-state index is 0.215. The molecule has 1 aliphatic heterocycles. The Morgan fingerprint density at radius 3 is 2.43 bits per heavy atom. The van der Waals surface area contributed by atoms with Gasteiger partial charge in [-0.25, -0.2) is 0 Å². The van der Waals surface area contributed by atoms with Crippen molar-refractivity contribution in [1.82, 2.24) is 20.4 Å². The van der Waals surface area contributed by atoms with E-state index in [4.69, 9.17) is 4.74 Å². The molecule has 0 radical (unpaired) electrons. The number of nitrogens with zero attached hydrogens (tertiary/aromatic N) is 3. The standard InChI is InChI=1S/C21H34F3N5O/c1-4-18(30-19-8-6-7-17(15-19)21(22,23)24)16-27-20(25-3)26-9-10-29-13-11-28(5-2)12-14-29/h6-8,15,18H,4-5,9-14,16H2,1-3H3,(H2,25,26,27). The molecule has 1 saturated heterocycles. The van der Waals surface area contributed by atoms with Crippen molar-refractivity contribution >= 4 is 5.96 Å². The molecule has 6 nitrogen and oxygen atoms in total. The van der Waals surface area contributed by atoms with Gasteiger partial charge < -0.3 is 20.3 Å². The van der Waals surface area contributed by atoms with Gasteiger partial charge in [0.05, 0.1) is 12.1 Å². The summed E-state index contributed by atoms with van der Waals surface area (Å²) in [5, 5.41) is 6.50. The Morgan fingerprint density at radius 1 is 1.13 bits per heavy atom. The van der Waals surface area contributed by atoms with E-state index < -0.39 is 11.7 Å². The van der Waals surface area contributed by atoms with Crippen molar-refractivity contribution in [3.8, 4) is 5.75 Å². The highest BCUT2D eigenvalue weighted by atomic mass is 19.4. The molecule has 0 bridgehead atoms. The molecule has 9 heteroatoms. The first-order valence-electron chi connectivity index (χ1n) is 10.6. The summed E-state index contributed by atoms with van der Waals surface area (Å²) >= 11 is 0. The lowest BCUT2D eigenvalue weighted by Gasteiger charge is -2.34. The van der Waals surface area contributed by atoms with Crippen molar-refractivity contribution in [3.05, 3.63) is 29.8 Å². The Balaban J connectivity index is 1.75. The van der Waals surface area contributed by atoms with Crippen LogP contribution in [0.4, 0.5) is 13.2 Å². The average molecular weight is 430 g/mol. The van der Waals surface area contributed by atoms with E-state index >= 15 is 0 Å². The molecule has 1 heterocycles. The molecule has 30 heavy (non-hydrogen) atoms. The zero-order valence-corrected chi connectivity index (χ0v) is 18.1. The molecule has 2 N–H and O–H groups in total. The number of alkyl halides is 3. The second-order valence-electron chi connectivity index (χ2n) is 7.33. The van der Waals surface area contributed by atoms with Gasteiger partial charge in [-0.05, 0) is 31.2 Å². The molecule has 0 aliphatic carbocycles. The molecule has 0 amide bonds. The minimum atomic E-state index is -4.38. The van der Waals surface area contributed by atoms with Crippen LogP contribution in [0.1, 0.15) is 25.8 Å². The second-order valence-corrected chi connectivity index (χ2v) is 7.33. The van der Waals surface area contributed by atoms with E-state index in [1.807, 2.05) is 6.92 Å². The fraction of sp³-hybridized carbons (Fsp3) is 0.667. The van der Waals surface area contributed by atoms with Crippen molar-refractivity contribution in [2.75, 3.05) is 59.4 Å². The molecule has 1 aromatic carbocycles. The molecule has 1 fully saturated rings. The number of guanidine groups is 1. The third-order valence-corrected chi connectivity index (χ3v) is 5.27. The van der Waals surface area contributed by atoms with Gasteiger partial charge in [-0.2, -0.15) is 13.2 Å². The molecule has 1 unspecified atom stereocenters. The Morgan fingerprint density at radius 2 is 1.83 bits per heavy atom. The summed E-state index contributed by atoms with van der Waals surface area (Å²) in [5.74, 6) is 0.876. The summed E-state index contributed by atoms with van der Waals surface area (Å²) < 4.78 is 44.4. The lowest BCUT2D eigenvalue weighted by molar-refractivity contribution is -0.137. The summed E-state index contributed by atoms with van der Waals surface area (Å²) in [4.78, 5) is 9.09. The van der Waals surface area contributed by atoms with E-state index in [2.05, 4.69) is 32.3 Å². The Kier molecular flexibility index (Phi) is 9.71. The van der Waals surface area contributed by atoms with E-state index in [9.17, 15) is 13.2 Å². The van der Waals surface area contributed by atoms with Crippen LogP contribution in [-0.2, 0) is 6.18 Å². The van der Waals surface area contributed by atoms with Crippen LogP contribution in [0.5, 0.6) is 5.75 Å². The van der Waals surface area contributed by atoms with E-state index in [0.29, 0.717) is 18.9 Å². The number of rotatable bonds is 9. The minimum Gasteiger partial charge on any atom is -0.489 e. The number of nitrogens with one attached hydrogen (secondary N) is 2. The van der Waals surface area contributed by atoms with Gasteiger partial charge in [0.25, 0.3) is 0 Å². The van der Waals surface area contributed by atoms with Crippen LogP contribution >= 0.6 is 0 Å². The third-order valence-electron chi connectivity index (χ3n) is 5.27. The van der Waals surface area contributed by atoms with Crippen molar-refractivity contribution in [2.45, 2.75) is 32.5 Å². The largest absolute Gasteiger partial charge is 0.489 e. The monoisotopic (exact) mass is 429 g/mol. The summed E-state index contributed by atoms with van der Waals surface area (Å²) in [6.07, 6.45) is -4.00. The predicted molar refractivity (Wildman–Crippen MR) is 114 cm³/mol. The SMILES string of the molecule is CCC(CNC(=NC)NCCN1CCN(CC)CC1)Oc1cccc(C(F)(F)F)c1. The molecule has 1 atom stereocenters. The van der Waals surface area contributed by atoms with Gasteiger partial charge in [-0.1, -0.05) is 19.9 Å². The Labute approximate surface area is 177 Å². The highest BCUT2D eigenvalue weighted by Gasteiger charge is 2.30. The van der Waals surface area contributed by atoms with E-state index in [-0.39, 0.29) is 11.9 Å². The van der Waals surface area contributed by atoms with Crippen LogP contribution < -0.4 is 15.4 Å². The maximum atomic E-state index is 12.9. The second kappa shape index (κ2) is 12.0. The van der Waals surface area contributed by atoms with Gasteiger partial charge in [0.1, 0.15) is 11.9 Å². The molecule has 170 valence electrons. The lowest BCUT2D eigenvalue weighted by atomic mass is 10.2. The Hall–Kier alpha value is -2.00. The fourth-order valence-corrected chi connectivity index (χ4v) is 3.30. The molecule has 0 spiro atoms. The van der Waals surface area contributed by atoms with Gasteiger partial charge in [0.15, 0.2) is 5.96 Å². The van der Waals surface area contributed by atoms with Crippen LogP contribution in [0.15, 0.2) is 29.3 Å². The summed E-state index contributed by atoms with van der Waals surface area (Å²) in [6, 6.07) is 4.98. The van der Waals surface area contributed by atoms with Crippen LogP contribution in [-0.4, -0.2) is 81.3 Å². The highest BCUT2D eigenvalue weighted by Crippen LogP contribution is 2.31. The third kappa shape index (κ3) is 8.02. The van der Waals surface area contributed by atoms with Crippen LogP contribution in [0.25, 0.3) is 0 Å². The van der Waals surface area contributed by atoms with Gasteiger partial charge in [0.2, 0.25) is 0 Å². The first-order valence-corrected chi connectivity index (χ1v) is 10.6. The number of likely N-dealkylation sites (N-methyl/N-ethyl adjacent to an activating group) is 1. The van der Waals surface area contributed by atoms with E-state index in [1.54, 1.807) is 13.1 Å². The highest BCUT2D eigenvalue weighted by molar-refractivity contribution is 5.79. The van der Waals surface area contributed by atoms with Crippen LogP contribution in [0.2, 0.25) is 0 Å². The quantitative estimate of drug-likeness (QED) is 0.467. The number of halogens is 3. The normalized spacial score (nSPS) is 17.6. The fourth-order valence-electron chi connectivity index (χ4n) is 3.30. The molecule has 0 aromatic heterocycles. The maximum Gasteiger partial charge on any atom is 0.416 e. The lowest BCUT2D eigenvalue weighted by Crippen LogP contribution is -2.49. The number of hydrogen-bond donors (Lipinski definition) is 2. The summed E-state index contributed by atoms with van der Waals surface area (Å²) in [7, 11) is 1.70. The van der Waals surface area contributed by atoms with E-state index in [1.165, 1.54) is 6.07 Å². The summed E-state index contributed by atoms with van der Waals surface area (Å²) in [6.45, 7) is 11.7. The van der Waals surface area contributed by atoms with Gasteiger partial charge >= 0.3 is 6.18 Å². The molecule has 2 rings (SSSR count).